The molecular weight excluding hydrogens is 276 g/mol. The molecule has 0 fully saturated rings. The summed E-state index contributed by atoms with van der Waals surface area (Å²) in [5, 5.41) is 7.64. The number of benzene rings is 1. The molecule has 1 aromatic heterocycles. The lowest BCUT2D eigenvalue weighted by Gasteiger charge is -2.06. The van der Waals surface area contributed by atoms with Crippen LogP contribution in [0.5, 0.6) is 0 Å². The third-order valence-corrected chi connectivity index (χ3v) is 3.37. The van der Waals surface area contributed by atoms with Crippen molar-refractivity contribution in [3.8, 4) is 0 Å². The van der Waals surface area contributed by atoms with E-state index in [4.69, 9.17) is 17.3 Å². The van der Waals surface area contributed by atoms with E-state index in [9.17, 15) is 4.79 Å². The summed E-state index contributed by atoms with van der Waals surface area (Å²) >= 11 is 5.83. The Bertz CT molecular complexity index is 636. The maximum atomic E-state index is 12.1. The molecule has 0 spiro atoms. The summed E-state index contributed by atoms with van der Waals surface area (Å²) in [6.45, 7) is 2.48. The first-order valence-electron chi connectivity index (χ1n) is 6.36. The highest BCUT2D eigenvalue weighted by Gasteiger charge is 2.10. The van der Waals surface area contributed by atoms with E-state index in [2.05, 4.69) is 10.4 Å². The van der Waals surface area contributed by atoms with E-state index >= 15 is 0 Å². The van der Waals surface area contributed by atoms with Gasteiger partial charge in [0.25, 0.3) is 5.91 Å². The second-order valence-electron chi connectivity index (χ2n) is 4.55. The van der Waals surface area contributed by atoms with Crippen LogP contribution in [0.3, 0.4) is 0 Å². The number of carbonyl (C=O) groups is 1. The Kier molecular flexibility index (Phi) is 4.29. The van der Waals surface area contributed by atoms with Crippen LogP contribution >= 0.6 is 11.6 Å². The summed E-state index contributed by atoms with van der Waals surface area (Å²) in [7, 11) is 1.87. The number of aromatic nitrogens is 2. The molecule has 0 bridgehead atoms. The summed E-state index contributed by atoms with van der Waals surface area (Å²) in [5.74, 6) is -0.181. The van der Waals surface area contributed by atoms with E-state index in [1.807, 2.05) is 20.2 Å². The molecular formula is C14H17ClN4O. The first-order chi connectivity index (χ1) is 9.51. The van der Waals surface area contributed by atoms with Gasteiger partial charge in [-0.3, -0.25) is 9.48 Å². The van der Waals surface area contributed by atoms with E-state index in [1.54, 1.807) is 22.9 Å². The molecule has 0 unspecified atom stereocenters. The lowest BCUT2D eigenvalue weighted by Crippen LogP contribution is -2.23. The molecule has 1 amide bonds. The first-order valence-corrected chi connectivity index (χ1v) is 6.73. The number of aryl methyl sites for hydroxylation is 2. The third-order valence-electron chi connectivity index (χ3n) is 3.02. The highest BCUT2D eigenvalue weighted by Crippen LogP contribution is 2.19. The lowest BCUT2D eigenvalue weighted by atomic mass is 10.1. The zero-order valence-corrected chi connectivity index (χ0v) is 12.2. The van der Waals surface area contributed by atoms with Gasteiger partial charge in [-0.05, 0) is 24.6 Å². The monoisotopic (exact) mass is 292 g/mol. The van der Waals surface area contributed by atoms with E-state index in [0.29, 0.717) is 22.8 Å². The van der Waals surface area contributed by atoms with Gasteiger partial charge in [-0.1, -0.05) is 18.5 Å². The number of anilines is 1. The summed E-state index contributed by atoms with van der Waals surface area (Å²) in [5.41, 5.74) is 8.59. The normalized spacial score (nSPS) is 10.6. The Morgan fingerprint density at radius 3 is 2.90 bits per heavy atom. The Morgan fingerprint density at radius 1 is 1.50 bits per heavy atom. The van der Waals surface area contributed by atoms with Crippen molar-refractivity contribution in [2.24, 2.45) is 7.05 Å². The fraction of sp³-hybridized carbons (Fsp3) is 0.286. The number of nitrogens with one attached hydrogen (secondary N) is 1. The van der Waals surface area contributed by atoms with Crippen molar-refractivity contribution in [2.45, 2.75) is 19.9 Å². The van der Waals surface area contributed by atoms with Gasteiger partial charge in [0.05, 0.1) is 16.4 Å². The fourth-order valence-corrected chi connectivity index (χ4v) is 2.11. The molecule has 6 heteroatoms. The molecule has 0 saturated heterocycles. The minimum Gasteiger partial charge on any atom is -0.398 e. The highest BCUT2D eigenvalue weighted by atomic mass is 35.5. The number of halogens is 1. The van der Waals surface area contributed by atoms with Gasteiger partial charge in [-0.2, -0.15) is 5.10 Å². The van der Waals surface area contributed by atoms with E-state index in [0.717, 1.165) is 17.7 Å². The zero-order chi connectivity index (χ0) is 14.7. The maximum Gasteiger partial charge on any atom is 0.251 e. The molecule has 5 nitrogen and oxygen atoms in total. The molecule has 0 aliphatic rings. The standard InChI is InChI=1S/C14H17ClN4O/c1-3-13-10(8-19(2)18-13)7-17-14(20)9-4-5-11(15)12(16)6-9/h4-6,8H,3,7,16H2,1-2H3,(H,17,20). The number of rotatable bonds is 4. The van der Waals surface area contributed by atoms with Gasteiger partial charge in [0.2, 0.25) is 0 Å². The topological polar surface area (TPSA) is 72.9 Å². The van der Waals surface area contributed by atoms with Crippen LogP contribution in [0.4, 0.5) is 5.69 Å². The molecule has 2 aromatic rings. The summed E-state index contributed by atoms with van der Waals surface area (Å²) in [6, 6.07) is 4.84. The van der Waals surface area contributed by atoms with Gasteiger partial charge in [0, 0.05) is 30.9 Å². The molecule has 2 rings (SSSR count). The predicted octanol–water partition coefficient (Wildman–Crippen LogP) is 2.15. The second-order valence-corrected chi connectivity index (χ2v) is 4.95. The smallest absolute Gasteiger partial charge is 0.251 e. The van der Waals surface area contributed by atoms with Crippen LogP contribution in [0.2, 0.25) is 5.02 Å². The number of hydrogen-bond acceptors (Lipinski definition) is 3. The molecule has 106 valence electrons. The van der Waals surface area contributed by atoms with Crippen LogP contribution in [0.25, 0.3) is 0 Å². The average molecular weight is 293 g/mol. The van der Waals surface area contributed by atoms with Crippen molar-refractivity contribution in [3.63, 3.8) is 0 Å². The maximum absolute atomic E-state index is 12.1. The van der Waals surface area contributed by atoms with Gasteiger partial charge in [0.1, 0.15) is 0 Å². The second kappa shape index (κ2) is 5.96. The average Bonchev–Trinajstić information content (AvgIpc) is 2.79. The minimum atomic E-state index is -0.181. The molecule has 0 aliphatic heterocycles. The number of nitrogen functional groups attached to an aromatic ring is 1. The molecule has 0 saturated carbocycles. The van der Waals surface area contributed by atoms with Gasteiger partial charge in [0.15, 0.2) is 0 Å². The summed E-state index contributed by atoms with van der Waals surface area (Å²) in [6.07, 6.45) is 2.75. The molecule has 0 aliphatic carbocycles. The van der Waals surface area contributed by atoms with Crippen LogP contribution in [0, 0.1) is 0 Å². The molecule has 0 atom stereocenters. The Labute approximate surface area is 122 Å². The molecule has 0 radical (unpaired) electrons. The van der Waals surface area contributed by atoms with Gasteiger partial charge < -0.3 is 11.1 Å². The van der Waals surface area contributed by atoms with Gasteiger partial charge in [-0.25, -0.2) is 0 Å². The SMILES string of the molecule is CCc1nn(C)cc1CNC(=O)c1ccc(Cl)c(N)c1. The van der Waals surface area contributed by atoms with Crippen molar-refractivity contribution in [1.29, 1.82) is 0 Å². The molecule has 1 aromatic carbocycles. The summed E-state index contributed by atoms with van der Waals surface area (Å²) < 4.78 is 1.75. The van der Waals surface area contributed by atoms with Crippen molar-refractivity contribution in [3.05, 3.63) is 46.2 Å². The lowest BCUT2D eigenvalue weighted by molar-refractivity contribution is 0.0951. The van der Waals surface area contributed by atoms with Crippen LogP contribution in [0.15, 0.2) is 24.4 Å². The largest absolute Gasteiger partial charge is 0.398 e. The van der Waals surface area contributed by atoms with Gasteiger partial charge >= 0.3 is 0 Å². The quantitative estimate of drug-likeness (QED) is 0.848. The van der Waals surface area contributed by atoms with Crippen LogP contribution in [-0.2, 0) is 20.0 Å². The minimum absolute atomic E-state index is 0.181. The Balaban J connectivity index is 2.06. The molecule has 20 heavy (non-hydrogen) atoms. The van der Waals surface area contributed by atoms with Crippen LogP contribution in [-0.4, -0.2) is 15.7 Å². The number of amides is 1. The number of carbonyl (C=O) groups excluding carboxylic acids is 1. The highest BCUT2D eigenvalue weighted by molar-refractivity contribution is 6.33. The van der Waals surface area contributed by atoms with Gasteiger partial charge in [-0.15, -0.1) is 0 Å². The molecule has 3 N–H and O–H groups in total. The first kappa shape index (κ1) is 14.4. The third kappa shape index (κ3) is 3.11. The predicted molar refractivity (Wildman–Crippen MR) is 79.6 cm³/mol. The van der Waals surface area contributed by atoms with Crippen molar-refractivity contribution >= 4 is 23.2 Å². The summed E-state index contributed by atoms with van der Waals surface area (Å²) in [4.78, 5) is 12.1. The van der Waals surface area contributed by atoms with E-state index < -0.39 is 0 Å². The van der Waals surface area contributed by atoms with E-state index in [-0.39, 0.29) is 5.91 Å². The molecule has 1 heterocycles. The fourth-order valence-electron chi connectivity index (χ4n) is 1.99. The number of nitrogens with two attached hydrogens (primary N) is 1. The van der Waals surface area contributed by atoms with Crippen LogP contribution in [0.1, 0.15) is 28.5 Å². The van der Waals surface area contributed by atoms with Crippen molar-refractivity contribution in [2.75, 3.05) is 5.73 Å². The van der Waals surface area contributed by atoms with E-state index in [1.165, 1.54) is 0 Å². The van der Waals surface area contributed by atoms with Crippen molar-refractivity contribution < 1.29 is 4.79 Å². The Hall–Kier alpha value is -2.01. The zero-order valence-electron chi connectivity index (χ0n) is 11.5. The Morgan fingerprint density at radius 2 is 2.25 bits per heavy atom. The number of nitrogens with zero attached hydrogens (tertiary/aromatic N) is 2. The van der Waals surface area contributed by atoms with Crippen LogP contribution < -0.4 is 11.1 Å². The van der Waals surface area contributed by atoms with Crippen molar-refractivity contribution in [1.82, 2.24) is 15.1 Å². The number of hydrogen-bond donors (Lipinski definition) is 2.